The number of rotatable bonds is 3. The molecule has 0 aliphatic rings. The molecule has 0 saturated heterocycles. The van der Waals surface area contributed by atoms with Crippen molar-refractivity contribution in [1.29, 1.82) is 0 Å². The summed E-state index contributed by atoms with van der Waals surface area (Å²) in [5.74, 6) is 0. The Kier molecular flexibility index (Phi) is 3.12. The van der Waals surface area contributed by atoms with Crippen molar-refractivity contribution in [3.8, 4) is 0 Å². The summed E-state index contributed by atoms with van der Waals surface area (Å²) in [6, 6.07) is 0. The second-order valence-electron chi connectivity index (χ2n) is 3.67. The van der Waals surface area contributed by atoms with Gasteiger partial charge >= 0.3 is 0 Å². The summed E-state index contributed by atoms with van der Waals surface area (Å²) in [5.41, 5.74) is 0.634. The number of hydrogen-bond donors (Lipinski definition) is 0. The Labute approximate surface area is 58.5 Å². The van der Waals surface area contributed by atoms with Crippen LogP contribution in [0.3, 0.4) is 0 Å². The zero-order valence-electron chi connectivity index (χ0n) is 6.77. The number of carbonyl (C=O) groups is 1. The van der Waals surface area contributed by atoms with Gasteiger partial charge in [0.2, 0.25) is 0 Å². The second-order valence-corrected chi connectivity index (χ2v) is 9.39. The molecule has 2 heteroatoms. The van der Waals surface area contributed by atoms with Crippen molar-refractivity contribution in [2.24, 2.45) is 0 Å². The molecule has 1 atom stereocenters. The molecule has 0 fully saturated rings. The van der Waals surface area contributed by atoms with Crippen molar-refractivity contribution in [2.45, 2.75) is 38.5 Å². The van der Waals surface area contributed by atoms with Gasteiger partial charge in [0.15, 0.2) is 0 Å². The Hall–Kier alpha value is -0.113. The molecule has 0 aromatic rings. The maximum absolute atomic E-state index is 10.1. The molecule has 0 aliphatic carbocycles. The lowest BCUT2D eigenvalue weighted by Crippen LogP contribution is -2.26. The first-order chi connectivity index (χ1) is 3.98. The second kappa shape index (κ2) is 3.16. The van der Waals surface area contributed by atoms with Crippen LogP contribution < -0.4 is 0 Å². The topological polar surface area (TPSA) is 17.1 Å². The Bertz CT molecular complexity index is 93.6. The Morgan fingerprint density at radius 1 is 1.44 bits per heavy atom. The van der Waals surface area contributed by atoms with Gasteiger partial charge in [-0.1, -0.05) is 26.6 Å². The predicted molar refractivity (Wildman–Crippen MR) is 43.5 cm³/mol. The average molecular weight is 144 g/mol. The molecule has 0 spiro atoms. The largest absolute Gasteiger partial charge is 0.303 e. The summed E-state index contributed by atoms with van der Waals surface area (Å²) >= 11 is 0. The smallest absolute Gasteiger partial charge is 0.119 e. The fourth-order valence-electron chi connectivity index (χ4n) is 0.498. The highest BCUT2D eigenvalue weighted by molar-refractivity contribution is 6.77. The van der Waals surface area contributed by atoms with Gasteiger partial charge in [-0.05, 0) is 5.54 Å². The van der Waals surface area contributed by atoms with Crippen LogP contribution in [0.2, 0.25) is 25.2 Å². The van der Waals surface area contributed by atoms with E-state index < -0.39 is 8.07 Å². The van der Waals surface area contributed by atoms with Crippen LogP contribution >= 0.6 is 0 Å². The highest BCUT2D eigenvalue weighted by Gasteiger charge is 2.20. The van der Waals surface area contributed by atoms with Crippen LogP contribution in [0.4, 0.5) is 0 Å². The van der Waals surface area contributed by atoms with Crippen molar-refractivity contribution in [1.82, 2.24) is 0 Å². The first-order valence-electron chi connectivity index (χ1n) is 3.42. The van der Waals surface area contributed by atoms with Gasteiger partial charge in [-0.25, -0.2) is 0 Å². The van der Waals surface area contributed by atoms with Crippen LogP contribution in [0.25, 0.3) is 0 Å². The SMILES string of the molecule is C[C@H](CC=O)[Si](C)(C)C. The Morgan fingerprint density at radius 3 is 2.00 bits per heavy atom. The molecule has 0 radical (unpaired) electrons. The van der Waals surface area contributed by atoms with Crippen LogP contribution in [0.1, 0.15) is 13.3 Å². The Morgan fingerprint density at radius 2 is 1.89 bits per heavy atom. The molecule has 0 heterocycles. The molecule has 0 amide bonds. The molecular weight excluding hydrogens is 128 g/mol. The maximum atomic E-state index is 10.1. The molecular formula is C7H16OSi. The van der Waals surface area contributed by atoms with Crippen molar-refractivity contribution < 1.29 is 4.79 Å². The summed E-state index contributed by atoms with van der Waals surface area (Å²) in [7, 11) is -1.01. The third kappa shape index (κ3) is 3.46. The monoisotopic (exact) mass is 144 g/mol. The minimum Gasteiger partial charge on any atom is -0.303 e. The van der Waals surface area contributed by atoms with E-state index in [-0.39, 0.29) is 0 Å². The number of carbonyl (C=O) groups excluding carboxylic acids is 1. The predicted octanol–water partition coefficient (Wildman–Crippen LogP) is 2.30. The third-order valence-electron chi connectivity index (χ3n) is 1.93. The van der Waals surface area contributed by atoms with E-state index in [0.717, 1.165) is 12.7 Å². The van der Waals surface area contributed by atoms with Gasteiger partial charge in [0.25, 0.3) is 0 Å². The van der Waals surface area contributed by atoms with Crippen LogP contribution in [-0.2, 0) is 4.79 Å². The molecule has 0 aromatic carbocycles. The van der Waals surface area contributed by atoms with Gasteiger partial charge < -0.3 is 4.79 Å². The summed E-state index contributed by atoms with van der Waals surface area (Å²) in [5, 5.41) is 0. The maximum Gasteiger partial charge on any atom is 0.119 e. The van der Waals surface area contributed by atoms with Gasteiger partial charge in [-0.3, -0.25) is 0 Å². The van der Waals surface area contributed by atoms with Crippen LogP contribution in [0.15, 0.2) is 0 Å². The first kappa shape index (κ1) is 8.89. The number of aldehydes is 1. The summed E-state index contributed by atoms with van der Waals surface area (Å²) in [4.78, 5) is 10.1. The van der Waals surface area contributed by atoms with Gasteiger partial charge in [-0.15, -0.1) is 0 Å². The molecule has 0 bridgehead atoms. The minimum atomic E-state index is -1.01. The zero-order chi connectivity index (χ0) is 7.49. The van der Waals surface area contributed by atoms with Crippen molar-refractivity contribution in [3.63, 3.8) is 0 Å². The molecule has 1 nitrogen and oxygen atoms in total. The van der Waals surface area contributed by atoms with Crippen molar-refractivity contribution in [2.75, 3.05) is 0 Å². The van der Waals surface area contributed by atoms with E-state index in [1.807, 2.05) is 0 Å². The highest BCUT2D eigenvalue weighted by atomic mass is 28.3. The van der Waals surface area contributed by atoms with E-state index in [0.29, 0.717) is 5.54 Å². The lowest BCUT2D eigenvalue weighted by Gasteiger charge is -2.22. The highest BCUT2D eigenvalue weighted by Crippen LogP contribution is 2.22. The zero-order valence-corrected chi connectivity index (χ0v) is 7.77. The molecule has 0 aromatic heterocycles. The lowest BCUT2D eigenvalue weighted by molar-refractivity contribution is -0.107. The average Bonchev–Trinajstić information content (AvgIpc) is 1.64. The normalized spacial score (nSPS) is 15.1. The Balaban J connectivity index is 3.72. The van der Waals surface area contributed by atoms with Crippen LogP contribution in [0, 0.1) is 0 Å². The van der Waals surface area contributed by atoms with E-state index in [1.54, 1.807) is 0 Å². The fraction of sp³-hybridized carbons (Fsp3) is 0.857. The van der Waals surface area contributed by atoms with Crippen molar-refractivity contribution >= 4 is 14.4 Å². The van der Waals surface area contributed by atoms with Crippen LogP contribution in [-0.4, -0.2) is 14.4 Å². The van der Waals surface area contributed by atoms with E-state index in [4.69, 9.17) is 0 Å². The first-order valence-corrected chi connectivity index (χ1v) is 7.00. The quantitative estimate of drug-likeness (QED) is 0.439. The van der Waals surface area contributed by atoms with Gasteiger partial charge in [0.05, 0.1) is 0 Å². The van der Waals surface area contributed by atoms with E-state index in [9.17, 15) is 4.79 Å². The fourth-order valence-corrected chi connectivity index (χ4v) is 1.30. The van der Waals surface area contributed by atoms with E-state index >= 15 is 0 Å². The molecule has 9 heavy (non-hydrogen) atoms. The summed E-state index contributed by atoms with van der Waals surface area (Å²) < 4.78 is 0. The third-order valence-corrected chi connectivity index (χ3v) is 5.12. The minimum absolute atomic E-state index is 0.634. The standard InChI is InChI=1S/C7H16OSi/c1-7(5-6-8)9(2,3)4/h6-7H,5H2,1-4H3/t7-/m1/s1. The molecule has 0 unspecified atom stereocenters. The number of hydrogen-bond acceptors (Lipinski definition) is 1. The van der Waals surface area contributed by atoms with E-state index in [2.05, 4.69) is 26.6 Å². The van der Waals surface area contributed by atoms with Gasteiger partial charge in [-0.2, -0.15) is 0 Å². The summed E-state index contributed by atoms with van der Waals surface area (Å²) in [6.45, 7) is 9.05. The summed E-state index contributed by atoms with van der Waals surface area (Å²) in [6.07, 6.45) is 1.78. The molecule has 0 N–H and O–H groups in total. The van der Waals surface area contributed by atoms with Gasteiger partial charge in [0.1, 0.15) is 6.29 Å². The molecule has 54 valence electrons. The lowest BCUT2D eigenvalue weighted by atomic mass is 10.4. The molecule has 0 rings (SSSR count). The van der Waals surface area contributed by atoms with Crippen LogP contribution in [0.5, 0.6) is 0 Å². The van der Waals surface area contributed by atoms with Crippen molar-refractivity contribution in [3.05, 3.63) is 0 Å². The molecule has 0 saturated carbocycles. The van der Waals surface area contributed by atoms with Gasteiger partial charge in [0, 0.05) is 14.5 Å². The molecule has 0 aliphatic heterocycles. The van der Waals surface area contributed by atoms with E-state index in [1.165, 1.54) is 0 Å².